The van der Waals surface area contributed by atoms with E-state index in [0.29, 0.717) is 6.42 Å². The van der Waals surface area contributed by atoms with Crippen LogP contribution in [0.1, 0.15) is 10.7 Å². The summed E-state index contributed by atoms with van der Waals surface area (Å²) in [6.07, 6.45) is 1.32. The first-order chi connectivity index (χ1) is 5.36. The molecule has 1 rings (SSSR count). The number of thiazole rings is 1. The summed E-state index contributed by atoms with van der Waals surface area (Å²) in [7, 11) is 0. The third kappa shape index (κ3) is 2.52. The monoisotopic (exact) mass is 184 g/mol. The highest BCUT2D eigenvalue weighted by atomic mass is 32.1. The lowest BCUT2D eigenvalue weighted by Gasteiger charge is -1.86. The standard InChI is InChI=1S/C7H8N2S2/c8-3-1-7-9-6(2-4-10)5-11-7/h5,10H,1-2,4H2. The van der Waals surface area contributed by atoms with E-state index >= 15 is 0 Å². The number of nitrogens with zero attached hydrogens (tertiary/aromatic N) is 2. The van der Waals surface area contributed by atoms with Gasteiger partial charge < -0.3 is 0 Å². The van der Waals surface area contributed by atoms with E-state index in [1.807, 2.05) is 5.38 Å². The highest BCUT2D eigenvalue weighted by Crippen LogP contribution is 2.10. The van der Waals surface area contributed by atoms with Gasteiger partial charge >= 0.3 is 0 Å². The number of nitriles is 1. The largest absolute Gasteiger partial charge is 0.245 e. The van der Waals surface area contributed by atoms with Crippen LogP contribution in [-0.4, -0.2) is 10.7 Å². The van der Waals surface area contributed by atoms with Gasteiger partial charge in [0.25, 0.3) is 0 Å². The maximum absolute atomic E-state index is 8.36. The van der Waals surface area contributed by atoms with Crippen molar-refractivity contribution >= 4 is 24.0 Å². The van der Waals surface area contributed by atoms with Crippen LogP contribution in [0, 0.1) is 11.3 Å². The first-order valence-electron chi connectivity index (χ1n) is 3.28. The third-order valence-corrected chi connectivity index (χ3v) is 2.32. The molecule has 58 valence electrons. The Morgan fingerprint density at radius 2 is 2.55 bits per heavy atom. The van der Waals surface area contributed by atoms with Crippen LogP contribution in [0.5, 0.6) is 0 Å². The minimum absolute atomic E-state index is 0.428. The molecule has 0 fully saturated rings. The summed E-state index contributed by atoms with van der Waals surface area (Å²) in [6, 6.07) is 2.07. The zero-order valence-electron chi connectivity index (χ0n) is 5.95. The molecule has 0 N–H and O–H groups in total. The maximum Gasteiger partial charge on any atom is 0.107 e. The van der Waals surface area contributed by atoms with Gasteiger partial charge in [-0.1, -0.05) is 0 Å². The average molecular weight is 184 g/mol. The molecule has 1 heterocycles. The molecule has 11 heavy (non-hydrogen) atoms. The highest BCUT2D eigenvalue weighted by Gasteiger charge is 1.99. The molecule has 2 nitrogen and oxygen atoms in total. The average Bonchev–Trinajstić information content (AvgIpc) is 2.38. The van der Waals surface area contributed by atoms with Crippen LogP contribution in [0.15, 0.2) is 5.38 Å². The zero-order valence-corrected chi connectivity index (χ0v) is 7.66. The van der Waals surface area contributed by atoms with E-state index < -0.39 is 0 Å². The minimum atomic E-state index is 0.428. The number of hydrogen-bond acceptors (Lipinski definition) is 4. The Hall–Kier alpha value is -0.530. The number of hydrogen-bond donors (Lipinski definition) is 1. The van der Waals surface area contributed by atoms with Gasteiger partial charge in [0.2, 0.25) is 0 Å². The van der Waals surface area contributed by atoms with Gasteiger partial charge in [-0.15, -0.1) is 11.3 Å². The van der Waals surface area contributed by atoms with Crippen LogP contribution in [0.3, 0.4) is 0 Å². The van der Waals surface area contributed by atoms with Gasteiger partial charge in [0.05, 0.1) is 18.2 Å². The van der Waals surface area contributed by atoms with Crippen molar-refractivity contribution in [1.82, 2.24) is 4.98 Å². The molecule has 0 unspecified atom stereocenters. The van der Waals surface area contributed by atoms with E-state index in [1.165, 1.54) is 0 Å². The fourth-order valence-electron chi connectivity index (χ4n) is 0.727. The molecule has 0 atom stereocenters. The summed E-state index contributed by atoms with van der Waals surface area (Å²) >= 11 is 5.64. The molecule has 0 amide bonds. The Balaban J connectivity index is 2.60. The van der Waals surface area contributed by atoms with Crippen LogP contribution < -0.4 is 0 Å². The normalized spacial score (nSPS) is 9.45. The number of rotatable bonds is 3. The van der Waals surface area contributed by atoms with Crippen molar-refractivity contribution < 1.29 is 0 Å². The van der Waals surface area contributed by atoms with Crippen molar-refractivity contribution in [3.63, 3.8) is 0 Å². The number of aryl methyl sites for hydroxylation is 1. The zero-order chi connectivity index (χ0) is 8.10. The Morgan fingerprint density at radius 1 is 1.73 bits per heavy atom. The molecule has 0 aromatic carbocycles. The molecule has 4 heteroatoms. The van der Waals surface area contributed by atoms with Crippen LogP contribution in [0.25, 0.3) is 0 Å². The topological polar surface area (TPSA) is 36.7 Å². The van der Waals surface area contributed by atoms with E-state index in [-0.39, 0.29) is 0 Å². The van der Waals surface area contributed by atoms with Crippen molar-refractivity contribution in [2.45, 2.75) is 12.8 Å². The first kappa shape index (κ1) is 8.57. The molecule has 0 aliphatic rings. The van der Waals surface area contributed by atoms with Crippen LogP contribution in [0.2, 0.25) is 0 Å². The second-order valence-corrected chi connectivity index (χ2v) is 3.43. The first-order valence-corrected chi connectivity index (χ1v) is 4.79. The molecular weight excluding hydrogens is 176 g/mol. The smallest absolute Gasteiger partial charge is 0.107 e. The van der Waals surface area contributed by atoms with E-state index in [2.05, 4.69) is 23.7 Å². The molecule has 1 aromatic heterocycles. The van der Waals surface area contributed by atoms with Crippen LogP contribution in [0.4, 0.5) is 0 Å². The molecule has 0 aliphatic carbocycles. The lowest BCUT2D eigenvalue weighted by atomic mass is 10.4. The molecule has 0 radical (unpaired) electrons. The van der Waals surface area contributed by atoms with Crippen LogP contribution in [-0.2, 0) is 12.8 Å². The lowest BCUT2D eigenvalue weighted by molar-refractivity contribution is 1.04. The molecule has 1 aromatic rings. The second-order valence-electron chi connectivity index (χ2n) is 2.04. The molecule has 0 saturated heterocycles. The molecule has 0 spiro atoms. The van der Waals surface area contributed by atoms with Crippen molar-refractivity contribution in [3.05, 3.63) is 16.1 Å². The van der Waals surface area contributed by atoms with Crippen molar-refractivity contribution in [3.8, 4) is 6.07 Å². The van der Waals surface area contributed by atoms with Gasteiger partial charge in [-0.3, -0.25) is 0 Å². The van der Waals surface area contributed by atoms with Gasteiger partial charge in [-0.2, -0.15) is 17.9 Å². The predicted molar refractivity (Wildman–Crippen MR) is 49.0 cm³/mol. The van der Waals surface area contributed by atoms with Crippen molar-refractivity contribution in [2.75, 3.05) is 5.75 Å². The quantitative estimate of drug-likeness (QED) is 0.726. The molecule has 0 saturated carbocycles. The highest BCUT2D eigenvalue weighted by molar-refractivity contribution is 7.80. The summed E-state index contributed by atoms with van der Waals surface area (Å²) in [5.41, 5.74) is 1.05. The molecular formula is C7H8N2S2. The Bertz CT molecular complexity index is 262. The van der Waals surface area contributed by atoms with E-state index in [9.17, 15) is 0 Å². The van der Waals surface area contributed by atoms with E-state index in [1.54, 1.807) is 11.3 Å². The summed E-state index contributed by atoms with van der Waals surface area (Å²) in [5.74, 6) is 0.815. The van der Waals surface area contributed by atoms with Gasteiger partial charge in [-0.05, 0) is 12.2 Å². The van der Waals surface area contributed by atoms with Gasteiger partial charge in [0.15, 0.2) is 0 Å². The summed E-state index contributed by atoms with van der Waals surface area (Å²) in [4.78, 5) is 4.24. The van der Waals surface area contributed by atoms with Crippen molar-refractivity contribution in [1.29, 1.82) is 5.26 Å². The van der Waals surface area contributed by atoms with Crippen LogP contribution >= 0.6 is 24.0 Å². The maximum atomic E-state index is 8.36. The second kappa shape index (κ2) is 4.37. The van der Waals surface area contributed by atoms with E-state index in [4.69, 9.17) is 5.26 Å². The fraction of sp³-hybridized carbons (Fsp3) is 0.429. The Labute approximate surface area is 75.3 Å². The van der Waals surface area contributed by atoms with E-state index in [0.717, 1.165) is 22.9 Å². The van der Waals surface area contributed by atoms with Gasteiger partial charge in [0.1, 0.15) is 5.01 Å². The number of thiol groups is 1. The van der Waals surface area contributed by atoms with Gasteiger partial charge in [0, 0.05) is 5.38 Å². The van der Waals surface area contributed by atoms with Gasteiger partial charge in [-0.25, -0.2) is 4.98 Å². The fourth-order valence-corrected chi connectivity index (χ4v) is 1.72. The Morgan fingerprint density at radius 3 is 3.18 bits per heavy atom. The Kier molecular flexibility index (Phi) is 3.40. The molecule has 0 bridgehead atoms. The summed E-state index contributed by atoms with van der Waals surface area (Å²) < 4.78 is 0. The molecule has 0 aliphatic heterocycles. The lowest BCUT2D eigenvalue weighted by Crippen LogP contribution is -1.87. The number of aromatic nitrogens is 1. The summed E-state index contributed by atoms with van der Waals surface area (Å²) in [6.45, 7) is 0. The summed E-state index contributed by atoms with van der Waals surface area (Å²) in [5, 5.41) is 11.3. The third-order valence-electron chi connectivity index (χ3n) is 1.20. The minimum Gasteiger partial charge on any atom is -0.245 e. The van der Waals surface area contributed by atoms with Crippen molar-refractivity contribution in [2.24, 2.45) is 0 Å². The predicted octanol–water partition coefficient (Wildman–Crippen LogP) is 1.68. The SMILES string of the molecule is N#CCc1nc(CCS)cs1.